The number of carbonyl (C=O) groups is 1. The number of piperidine rings is 1. The lowest BCUT2D eigenvalue weighted by Crippen LogP contribution is -2.44. The molecule has 0 saturated carbocycles. The van der Waals surface area contributed by atoms with Gasteiger partial charge in [-0.05, 0) is 86.7 Å². The SMILES string of the molecule is COc1ccc2nccc([C@H](F)CC[C@@H]3CCN(CCCSc4cccnn4)C[C@@H]3C(=O)O)c2c1. The monoisotopic (exact) mass is 498 g/mol. The lowest BCUT2D eigenvalue weighted by atomic mass is 9.81. The molecule has 186 valence electrons. The van der Waals surface area contributed by atoms with Gasteiger partial charge in [0, 0.05) is 30.1 Å². The Morgan fingerprint density at radius 2 is 2.20 bits per heavy atom. The number of nitrogens with zero attached hydrogens (tertiary/aromatic N) is 4. The van der Waals surface area contributed by atoms with Crippen molar-refractivity contribution in [3.8, 4) is 5.75 Å². The molecule has 9 heteroatoms. The maximum absolute atomic E-state index is 15.4. The summed E-state index contributed by atoms with van der Waals surface area (Å²) in [5.74, 6) is 0.275. The second-order valence-corrected chi connectivity index (χ2v) is 10.0. The first kappa shape index (κ1) is 25.3. The van der Waals surface area contributed by atoms with Gasteiger partial charge in [0.15, 0.2) is 0 Å². The number of methoxy groups -OCH3 is 1. The van der Waals surface area contributed by atoms with Crippen molar-refractivity contribution in [2.75, 3.05) is 32.5 Å². The van der Waals surface area contributed by atoms with Gasteiger partial charge in [-0.2, -0.15) is 5.10 Å². The van der Waals surface area contributed by atoms with Crippen molar-refractivity contribution in [2.24, 2.45) is 11.8 Å². The molecular weight excluding hydrogens is 467 g/mol. The molecule has 7 nitrogen and oxygen atoms in total. The van der Waals surface area contributed by atoms with Gasteiger partial charge in [0.05, 0.1) is 18.5 Å². The van der Waals surface area contributed by atoms with Crippen molar-refractivity contribution in [1.82, 2.24) is 20.1 Å². The molecule has 0 unspecified atom stereocenters. The van der Waals surface area contributed by atoms with E-state index in [1.807, 2.05) is 30.3 Å². The van der Waals surface area contributed by atoms with Crippen molar-refractivity contribution in [1.29, 1.82) is 0 Å². The van der Waals surface area contributed by atoms with Crippen LogP contribution in [0.3, 0.4) is 0 Å². The molecule has 3 aromatic rings. The Bertz CT molecular complexity index is 1120. The first-order chi connectivity index (χ1) is 17.0. The quantitative estimate of drug-likeness (QED) is 0.291. The van der Waals surface area contributed by atoms with E-state index in [1.165, 1.54) is 0 Å². The Kier molecular flexibility index (Phi) is 8.87. The zero-order valence-electron chi connectivity index (χ0n) is 19.8. The summed E-state index contributed by atoms with van der Waals surface area (Å²) in [4.78, 5) is 18.6. The Hall–Kier alpha value is -2.78. The topological polar surface area (TPSA) is 88.4 Å². The normalized spacial score (nSPS) is 19.5. The number of hydrogen-bond acceptors (Lipinski definition) is 7. The van der Waals surface area contributed by atoms with Gasteiger partial charge in [-0.25, -0.2) is 4.39 Å². The molecule has 4 rings (SSSR count). The van der Waals surface area contributed by atoms with E-state index in [0.717, 1.165) is 47.6 Å². The fraction of sp³-hybridized carbons (Fsp3) is 0.462. The van der Waals surface area contributed by atoms with Gasteiger partial charge >= 0.3 is 5.97 Å². The number of thioether (sulfide) groups is 1. The van der Waals surface area contributed by atoms with Gasteiger partial charge in [0.1, 0.15) is 16.9 Å². The Morgan fingerprint density at radius 3 is 2.97 bits per heavy atom. The van der Waals surface area contributed by atoms with Crippen LogP contribution in [-0.4, -0.2) is 63.7 Å². The number of likely N-dealkylation sites (tertiary alicyclic amines) is 1. The maximum Gasteiger partial charge on any atom is 0.308 e. The Morgan fingerprint density at radius 1 is 1.31 bits per heavy atom. The average molecular weight is 499 g/mol. The molecule has 2 aromatic heterocycles. The molecule has 1 saturated heterocycles. The number of pyridine rings is 1. The molecule has 0 aliphatic carbocycles. The van der Waals surface area contributed by atoms with E-state index in [-0.39, 0.29) is 5.92 Å². The minimum Gasteiger partial charge on any atom is -0.497 e. The molecule has 1 fully saturated rings. The van der Waals surface area contributed by atoms with Crippen LogP contribution < -0.4 is 4.74 Å². The molecule has 1 aliphatic heterocycles. The van der Waals surface area contributed by atoms with Crippen molar-refractivity contribution < 1.29 is 19.0 Å². The van der Waals surface area contributed by atoms with Crippen LogP contribution in [0.5, 0.6) is 5.75 Å². The third kappa shape index (κ3) is 6.67. The van der Waals surface area contributed by atoms with Crippen LogP contribution in [0, 0.1) is 11.8 Å². The van der Waals surface area contributed by atoms with Crippen LogP contribution in [0.25, 0.3) is 10.9 Å². The van der Waals surface area contributed by atoms with Crippen molar-refractivity contribution in [2.45, 2.75) is 36.9 Å². The lowest BCUT2D eigenvalue weighted by molar-refractivity contribution is -0.146. The minimum atomic E-state index is -1.18. The molecule has 1 aromatic carbocycles. The number of rotatable bonds is 11. The third-order valence-corrected chi connectivity index (χ3v) is 7.69. The van der Waals surface area contributed by atoms with Crippen LogP contribution in [0.2, 0.25) is 0 Å². The average Bonchev–Trinajstić information content (AvgIpc) is 2.89. The number of benzene rings is 1. The van der Waals surface area contributed by atoms with E-state index < -0.39 is 18.1 Å². The molecule has 0 radical (unpaired) electrons. The van der Waals surface area contributed by atoms with Gasteiger partial charge in [-0.1, -0.05) is 0 Å². The summed E-state index contributed by atoms with van der Waals surface area (Å²) in [6.07, 6.45) is 4.65. The molecule has 1 aliphatic rings. The second-order valence-electron chi connectivity index (χ2n) is 8.89. The second kappa shape index (κ2) is 12.3. The first-order valence-electron chi connectivity index (χ1n) is 12.0. The van der Waals surface area contributed by atoms with Crippen LogP contribution >= 0.6 is 11.8 Å². The van der Waals surface area contributed by atoms with Crippen LogP contribution in [0.4, 0.5) is 4.39 Å². The summed E-state index contributed by atoms with van der Waals surface area (Å²) in [7, 11) is 1.58. The summed E-state index contributed by atoms with van der Waals surface area (Å²) in [6.45, 7) is 2.21. The number of carboxylic acids is 1. The summed E-state index contributed by atoms with van der Waals surface area (Å²) >= 11 is 1.66. The van der Waals surface area contributed by atoms with E-state index in [4.69, 9.17) is 4.74 Å². The van der Waals surface area contributed by atoms with Gasteiger partial charge in [-0.15, -0.1) is 16.9 Å². The highest BCUT2D eigenvalue weighted by atomic mass is 32.2. The molecule has 1 N–H and O–H groups in total. The van der Waals surface area contributed by atoms with E-state index in [9.17, 15) is 9.90 Å². The molecule has 0 spiro atoms. The fourth-order valence-corrected chi connectivity index (χ4v) is 5.55. The molecule has 3 atom stereocenters. The van der Waals surface area contributed by atoms with Crippen LogP contribution in [0.1, 0.15) is 37.4 Å². The van der Waals surface area contributed by atoms with E-state index in [1.54, 1.807) is 37.3 Å². The van der Waals surface area contributed by atoms with Gasteiger partial charge in [0.2, 0.25) is 0 Å². The third-order valence-electron chi connectivity index (χ3n) is 6.68. The first-order valence-corrected chi connectivity index (χ1v) is 13.0. The number of ether oxygens (including phenoxy) is 1. The van der Waals surface area contributed by atoms with Gasteiger partial charge in [-0.3, -0.25) is 9.78 Å². The fourth-order valence-electron chi connectivity index (χ4n) is 4.79. The smallest absolute Gasteiger partial charge is 0.308 e. The van der Waals surface area contributed by atoms with Crippen LogP contribution in [-0.2, 0) is 4.79 Å². The minimum absolute atomic E-state index is 0.0291. The van der Waals surface area contributed by atoms with Gasteiger partial charge < -0.3 is 14.7 Å². The highest BCUT2D eigenvalue weighted by Gasteiger charge is 2.34. The number of halogens is 1. The van der Waals surface area contributed by atoms with Crippen LogP contribution in [0.15, 0.2) is 53.8 Å². The summed E-state index contributed by atoms with van der Waals surface area (Å²) < 4.78 is 20.7. The molecular formula is C26H31FN4O3S. The summed E-state index contributed by atoms with van der Waals surface area (Å²) in [5.41, 5.74) is 1.30. The van der Waals surface area contributed by atoms with Crippen molar-refractivity contribution in [3.63, 3.8) is 0 Å². The zero-order valence-corrected chi connectivity index (χ0v) is 20.7. The van der Waals surface area contributed by atoms with E-state index in [2.05, 4.69) is 20.1 Å². The van der Waals surface area contributed by atoms with Gasteiger partial charge in [0.25, 0.3) is 0 Å². The maximum atomic E-state index is 15.4. The number of aromatic nitrogens is 3. The van der Waals surface area contributed by atoms with Crippen molar-refractivity contribution >= 4 is 28.6 Å². The van der Waals surface area contributed by atoms with E-state index in [0.29, 0.717) is 30.7 Å². The lowest BCUT2D eigenvalue weighted by Gasteiger charge is -2.36. The molecule has 0 bridgehead atoms. The highest BCUT2D eigenvalue weighted by Crippen LogP contribution is 2.35. The summed E-state index contributed by atoms with van der Waals surface area (Å²) in [5, 5.41) is 19.5. The van der Waals surface area contributed by atoms with Crippen molar-refractivity contribution in [3.05, 3.63) is 54.4 Å². The molecule has 3 heterocycles. The number of alkyl halides is 1. The predicted octanol–water partition coefficient (Wildman–Crippen LogP) is 5.03. The number of aliphatic carboxylic acids is 1. The number of fused-ring (bicyclic) bond motifs is 1. The van der Waals surface area contributed by atoms with E-state index >= 15 is 4.39 Å². The summed E-state index contributed by atoms with van der Waals surface area (Å²) in [6, 6.07) is 11.0. The standard InChI is InChI=1S/C26H31FN4O3S/c1-34-19-6-8-24-21(16-19)20(9-12-28-24)23(27)7-5-18-10-14-31(17-22(18)26(32)33)13-3-15-35-25-4-2-11-29-30-25/h2,4,6,8-9,11-12,16,18,22-23H,3,5,7,10,13-15,17H2,1H3,(H,32,33)/t18-,22+,23-/m1/s1. The Labute approximate surface area is 209 Å². The predicted molar refractivity (Wildman–Crippen MR) is 134 cm³/mol. The largest absolute Gasteiger partial charge is 0.497 e. The molecule has 0 amide bonds. The Balaban J connectivity index is 1.30. The number of carboxylic acid groups (broad SMARTS) is 1. The zero-order chi connectivity index (χ0) is 24.6. The number of hydrogen-bond donors (Lipinski definition) is 1. The molecule has 35 heavy (non-hydrogen) atoms. The highest BCUT2D eigenvalue weighted by molar-refractivity contribution is 7.99.